The molecule has 1 N–H and O–H groups in total. The van der Waals surface area contributed by atoms with Gasteiger partial charge in [0.05, 0.1) is 12.0 Å². The molecule has 1 aromatic carbocycles. The van der Waals surface area contributed by atoms with Crippen molar-refractivity contribution in [2.24, 2.45) is 5.92 Å². The number of nitrogens with zero attached hydrogens (tertiary/aromatic N) is 1. The van der Waals surface area contributed by atoms with Gasteiger partial charge in [0, 0.05) is 12.2 Å². The quantitative estimate of drug-likeness (QED) is 0.861. The van der Waals surface area contributed by atoms with Crippen molar-refractivity contribution >= 4 is 17.6 Å². The molecule has 88 valence electrons. The molecule has 0 spiro atoms. The Morgan fingerprint density at radius 2 is 2.18 bits per heavy atom. The zero-order chi connectivity index (χ0) is 12.0. The van der Waals surface area contributed by atoms with Gasteiger partial charge < -0.3 is 10.0 Å². The van der Waals surface area contributed by atoms with Crippen molar-refractivity contribution in [2.75, 3.05) is 11.4 Å². The second-order valence-electron chi connectivity index (χ2n) is 4.77. The van der Waals surface area contributed by atoms with Gasteiger partial charge in [0.1, 0.15) is 0 Å². The van der Waals surface area contributed by atoms with Gasteiger partial charge in [0.15, 0.2) is 0 Å². The summed E-state index contributed by atoms with van der Waals surface area (Å²) in [5.74, 6) is -0.209. The van der Waals surface area contributed by atoms with Crippen LogP contribution in [0.25, 0.3) is 0 Å². The lowest BCUT2D eigenvalue weighted by Gasteiger charge is -2.16. The van der Waals surface area contributed by atoms with Crippen LogP contribution in [0.15, 0.2) is 18.2 Å². The molecular formula is C13H13NO3. The summed E-state index contributed by atoms with van der Waals surface area (Å²) in [6, 6.07) is 4.94. The highest BCUT2D eigenvalue weighted by Crippen LogP contribution is 2.36. The van der Waals surface area contributed by atoms with Gasteiger partial charge in [0.2, 0.25) is 5.91 Å². The first-order valence-corrected chi connectivity index (χ1v) is 5.82. The predicted octanol–water partition coefficient (Wildman–Crippen LogP) is 1.68. The molecule has 0 saturated heterocycles. The molecule has 1 heterocycles. The smallest absolute Gasteiger partial charge is 0.335 e. The number of anilines is 1. The molecule has 4 nitrogen and oxygen atoms in total. The minimum atomic E-state index is -0.944. The maximum atomic E-state index is 11.9. The van der Waals surface area contributed by atoms with E-state index in [0.29, 0.717) is 12.3 Å². The maximum Gasteiger partial charge on any atom is 0.335 e. The largest absolute Gasteiger partial charge is 0.478 e. The number of aromatic carboxylic acids is 1. The fourth-order valence-electron chi connectivity index (χ4n) is 2.27. The third-order valence-corrected chi connectivity index (χ3v) is 3.40. The number of fused-ring (bicyclic) bond motifs is 1. The van der Waals surface area contributed by atoms with Crippen molar-refractivity contribution in [2.45, 2.75) is 19.3 Å². The van der Waals surface area contributed by atoms with Crippen LogP contribution in [0.2, 0.25) is 0 Å². The Hall–Kier alpha value is -1.84. The first-order valence-electron chi connectivity index (χ1n) is 5.82. The summed E-state index contributed by atoms with van der Waals surface area (Å²) in [6.07, 6.45) is 2.74. The fraction of sp³-hybridized carbons (Fsp3) is 0.385. The van der Waals surface area contributed by atoms with Crippen molar-refractivity contribution in [3.8, 4) is 0 Å². The molecule has 1 aliphatic carbocycles. The molecular weight excluding hydrogens is 218 g/mol. The number of benzene rings is 1. The molecule has 1 amide bonds. The van der Waals surface area contributed by atoms with E-state index in [4.69, 9.17) is 5.11 Å². The summed E-state index contributed by atoms with van der Waals surface area (Å²) >= 11 is 0. The molecule has 0 unspecified atom stereocenters. The summed E-state index contributed by atoms with van der Waals surface area (Å²) < 4.78 is 0. The second-order valence-corrected chi connectivity index (χ2v) is 4.77. The van der Waals surface area contributed by atoms with Crippen LogP contribution in [0.3, 0.4) is 0 Å². The van der Waals surface area contributed by atoms with Crippen molar-refractivity contribution in [3.05, 3.63) is 29.3 Å². The number of carboxylic acid groups (broad SMARTS) is 1. The van der Waals surface area contributed by atoms with E-state index < -0.39 is 5.97 Å². The Kier molecular flexibility index (Phi) is 2.18. The van der Waals surface area contributed by atoms with Gasteiger partial charge in [-0.2, -0.15) is 0 Å². The van der Waals surface area contributed by atoms with E-state index >= 15 is 0 Å². The molecule has 1 saturated carbocycles. The van der Waals surface area contributed by atoms with E-state index in [2.05, 4.69) is 0 Å². The van der Waals surface area contributed by atoms with Crippen LogP contribution in [0.5, 0.6) is 0 Å². The molecule has 0 bridgehead atoms. The second kappa shape index (κ2) is 3.58. The average molecular weight is 231 g/mol. The number of carbonyl (C=O) groups is 2. The summed E-state index contributed by atoms with van der Waals surface area (Å²) in [5.41, 5.74) is 1.99. The first kappa shape index (κ1) is 10.3. The summed E-state index contributed by atoms with van der Waals surface area (Å²) in [7, 11) is 0. The zero-order valence-electron chi connectivity index (χ0n) is 9.35. The first-order chi connectivity index (χ1) is 8.15. The van der Waals surface area contributed by atoms with Crippen LogP contribution >= 0.6 is 0 Å². The predicted molar refractivity (Wildman–Crippen MR) is 62.2 cm³/mol. The van der Waals surface area contributed by atoms with Gasteiger partial charge in [0.25, 0.3) is 0 Å². The van der Waals surface area contributed by atoms with Crippen molar-refractivity contribution < 1.29 is 14.7 Å². The summed E-state index contributed by atoms with van der Waals surface area (Å²) in [5, 5.41) is 8.90. The van der Waals surface area contributed by atoms with Crippen molar-refractivity contribution in [3.63, 3.8) is 0 Å². The molecule has 0 radical (unpaired) electrons. The fourth-order valence-corrected chi connectivity index (χ4v) is 2.27. The van der Waals surface area contributed by atoms with Crippen LogP contribution in [-0.2, 0) is 11.2 Å². The monoisotopic (exact) mass is 231 g/mol. The SMILES string of the molecule is O=C(O)c1ccc2c(c1)CC(=O)N2CC1CC1. The van der Waals surface area contributed by atoms with E-state index in [1.807, 2.05) is 0 Å². The molecule has 17 heavy (non-hydrogen) atoms. The lowest BCUT2D eigenvalue weighted by atomic mass is 10.1. The third-order valence-electron chi connectivity index (χ3n) is 3.40. The van der Waals surface area contributed by atoms with Crippen LogP contribution in [0, 0.1) is 5.92 Å². The molecule has 0 atom stereocenters. The van der Waals surface area contributed by atoms with Crippen molar-refractivity contribution in [1.82, 2.24) is 0 Å². The number of rotatable bonds is 3. The molecule has 2 aliphatic rings. The highest BCUT2D eigenvalue weighted by atomic mass is 16.4. The number of hydrogen-bond donors (Lipinski definition) is 1. The molecule has 3 rings (SSSR count). The van der Waals surface area contributed by atoms with E-state index in [1.54, 1.807) is 23.1 Å². The van der Waals surface area contributed by atoms with Gasteiger partial charge in [-0.05, 0) is 42.5 Å². The number of hydrogen-bond acceptors (Lipinski definition) is 2. The Labute approximate surface area is 98.9 Å². The highest BCUT2D eigenvalue weighted by molar-refractivity contribution is 6.02. The van der Waals surface area contributed by atoms with E-state index in [-0.39, 0.29) is 11.5 Å². The Morgan fingerprint density at radius 3 is 2.82 bits per heavy atom. The van der Waals surface area contributed by atoms with Gasteiger partial charge >= 0.3 is 5.97 Å². The molecule has 0 aromatic heterocycles. The lowest BCUT2D eigenvalue weighted by molar-refractivity contribution is -0.117. The standard InChI is InChI=1S/C13H13NO3/c15-12-6-10-5-9(13(16)17)3-4-11(10)14(12)7-8-1-2-8/h3-5,8H,1-2,6-7H2,(H,16,17). The number of carboxylic acids is 1. The Morgan fingerprint density at radius 1 is 1.41 bits per heavy atom. The van der Waals surface area contributed by atoms with Gasteiger partial charge in [-0.1, -0.05) is 0 Å². The normalized spacial score (nSPS) is 18.4. The topological polar surface area (TPSA) is 57.6 Å². The van der Waals surface area contributed by atoms with E-state index in [1.165, 1.54) is 12.8 Å². The molecule has 1 aliphatic heterocycles. The third kappa shape index (κ3) is 1.79. The van der Waals surface area contributed by atoms with Gasteiger partial charge in [-0.3, -0.25) is 4.79 Å². The van der Waals surface area contributed by atoms with Crippen molar-refractivity contribution in [1.29, 1.82) is 0 Å². The minimum Gasteiger partial charge on any atom is -0.478 e. The van der Waals surface area contributed by atoms with Crippen LogP contribution in [0.1, 0.15) is 28.8 Å². The number of carbonyl (C=O) groups excluding carboxylic acids is 1. The minimum absolute atomic E-state index is 0.0921. The summed E-state index contributed by atoms with van der Waals surface area (Å²) in [4.78, 5) is 24.5. The number of amides is 1. The maximum absolute atomic E-state index is 11.9. The van der Waals surface area contributed by atoms with E-state index in [0.717, 1.165) is 17.8 Å². The van der Waals surface area contributed by atoms with Crippen LogP contribution in [0.4, 0.5) is 5.69 Å². The lowest BCUT2D eigenvalue weighted by Crippen LogP contribution is -2.28. The Balaban J connectivity index is 1.93. The van der Waals surface area contributed by atoms with Crippen LogP contribution in [-0.4, -0.2) is 23.5 Å². The Bertz CT molecular complexity index is 505. The van der Waals surface area contributed by atoms with Gasteiger partial charge in [-0.15, -0.1) is 0 Å². The summed E-state index contributed by atoms with van der Waals surface area (Å²) in [6.45, 7) is 0.790. The van der Waals surface area contributed by atoms with E-state index in [9.17, 15) is 9.59 Å². The highest BCUT2D eigenvalue weighted by Gasteiger charge is 2.33. The molecule has 4 heteroatoms. The molecule has 1 fully saturated rings. The van der Waals surface area contributed by atoms with Crippen LogP contribution < -0.4 is 4.90 Å². The zero-order valence-corrected chi connectivity index (χ0v) is 9.35. The average Bonchev–Trinajstić information content (AvgIpc) is 3.04. The van der Waals surface area contributed by atoms with Gasteiger partial charge in [-0.25, -0.2) is 4.79 Å². The molecule has 1 aromatic rings.